The maximum atomic E-state index is 6.14. The molecule has 2 heterocycles. The maximum Gasteiger partial charge on any atom is 0.158 e. The largest absolute Gasteiger partial charge is 0.309 e. The van der Waals surface area contributed by atoms with Gasteiger partial charge in [-0.3, -0.25) is 4.68 Å². The van der Waals surface area contributed by atoms with E-state index < -0.39 is 0 Å². The number of alkyl halides is 1. The number of hydrogen-bond donors (Lipinski definition) is 0. The monoisotopic (exact) mass is 294 g/mol. The summed E-state index contributed by atoms with van der Waals surface area (Å²) < 4.78 is 4.31. The lowest BCUT2D eigenvalue weighted by Crippen LogP contribution is -2.25. The molecule has 5 heteroatoms. The molecule has 2 aromatic heterocycles. The summed E-state index contributed by atoms with van der Waals surface area (Å²) in [6, 6.07) is 0.509. The highest BCUT2D eigenvalue weighted by Gasteiger charge is 2.29. The van der Waals surface area contributed by atoms with Crippen LogP contribution >= 0.6 is 11.6 Å². The summed E-state index contributed by atoms with van der Waals surface area (Å²) in [7, 11) is 2.00. The predicted molar refractivity (Wildman–Crippen MR) is 82.0 cm³/mol. The zero-order valence-corrected chi connectivity index (χ0v) is 13.5. The number of imidazole rings is 1. The van der Waals surface area contributed by atoms with Crippen molar-refractivity contribution in [3.05, 3.63) is 11.5 Å². The highest BCUT2D eigenvalue weighted by molar-refractivity contribution is 6.16. The second-order valence-corrected chi connectivity index (χ2v) is 6.60. The Morgan fingerprint density at radius 2 is 2.00 bits per heavy atom. The lowest BCUT2D eigenvalue weighted by atomic mass is 9.79. The van der Waals surface area contributed by atoms with Gasteiger partial charge in [0.15, 0.2) is 5.65 Å². The Morgan fingerprint density at radius 1 is 1.25 bits per heavy atom. The van der Waals surface area contributed by atoms with Gasteiger partial charge in [0, 0.05) is 13.1 Å². The average Bonchev–Trinajstić information content (AvgIpc) is 2.92. The molecule has 0 amide bonds. The molecule has 0 spiro atoms. The molecule has 20 heavy (non-hydrogen) atoms. The number of nitrogens with zero attached hydrogens (tertiary/aromatic N) is 4. The first-order chi connectivity index (χ1) is 9.52. The van der Waals surface area contributed by atoms with Crippen LogP contribution in [0.15, 0.2) is 0 Å². The minimum absolute atomic E-state index is 0.467. The zero-order valence-electron chi connectivity index (χ0n) is 12.7. The van der Waals surface area contributed by atoms with Crippen LogP contribution in [-0.2, 0) is 12.9 Å². The average molecular weight is 295 g/mol. The fraction of sp³-hybridized carbons (Fsp3) is 0.733. The van der Waals surface area contributed by atoms with Crippen molar-refractivity contribution in [3.8, 4) is 0 Å². The van der Waals surface area contributed by atoms with Crippen molar-refractivity contribution in [2.45, 2.75) is 52.0 Å². The maximum absolute atomic E-state index is 6.14. The van der Waals surface area contributed by atoms with E-state index in [1.807, 2.05) is 18.7 Å². The summed E-state index contributed by atoms with van der Waals surface area (Å²) in [4.78, 5) is 4.72. The number of hydrogen-bond acceptors (Lipinski definition) is 2. The summed E-state index contributed by atoms with van der Waals surface area (Å²) >= 11 is 6.14. The Bertz CT molecular complexity index is 627. The first kappa shape index (κ1) is 13.9. The van der Waals surface area contributed by atoms with E-state index in [0.717, 1.165) is 34.5 Å². The van der Waals surface area contributed by atoms with Crippen LogP contribution in [0.4, 0.5) is 0 Å². The van der Waals surface area contributed by atoms with Gasteiger partial charge in [0.2, 0.25) is 0 Å². The van der Waals surface area contributed by atoms with Gasteiger partial charge in [-0.05, 0) is 38.0 Å². The molecule has 0 aromatic carbocycles. The Morgan fingerprint density at radius 3 is 2.65 bits per heavy atom. The van der Waals surface area contributed by atoms with Gasteiger partial charge < -0.3 is 4.57 Å². The number of aryl methyl sites for hydroxylation is 2. The summed E-state index contributed by atoms with van der Waals surface area (Å²) in [6.45, 7) is 6.74. The summed E-state index contributed by atoms with van der Waals surface area (Å²) in [5, 5.41) is 4.51. The summed E-state index contributed by atoms with van der Waals surface area (Å²) in [5.74, 6) is 3.03. The predicted octanol–water partition coefficient (Wildman–Crippen LogP) is 3.81. The van der Waals surface area contributed by atoms with E-state index in [1.54, 1.807) is 0 Å². The second kappa shape index (κ2) is 5.06. The van der Waals surface area contributed by atoms with Crippen LogP contribution in [-0.4, -0.2) is 19.3 Å². The molecule has 3 unspecified atom stereocenters. The van der Waals surface area contributed by atoms with E-state index in [4.69, 9.17) is 16.6 Å². The Labute approximate surface area is 125 Å². The van der Waals surface area contributed by atoms with Crippen LogP contribution in [0.3, 0.4) is 0 Å². The van der Waals surface area contributed by atoms with E-state index in [1.165, 1.54) is 19.3 Å². The topological polar surface area (TPSA) is 35.6 Å². The molecule has 0 aliphatic heterocycles. The molecule has 1 aliphatic rings. The van der Waals surface area contributed by atoms with E-state index in [-0.39, 0.29) is 0 Å². The molecule has 0 bridgehead atoms. The smallest absolute Gasteiger partial charge is 0.158 e. The lowest BCUT2D eigenvalue weighted by molar-refractivity contribution is 0.210. The van der Waals surface area contributed by atoms with Crippen LogP contribution in [0.1, 0.15) is 50.7 Å². The van der Waals surface area contributed by atoms with E-state index >= 15 is 0 Å². The van der Waals surface area contributed by atoms with Gasteiger partial charge in [0.1, 0.15) is 11.3 Å². The van der Waals surface area contributed by atoms with Crippen molar-refractivity contribution < 1.29 is 0 Å². The fourth-order valence-electron chi connectivity index (χ4n) is 3.57. The third-order valence-electron chi connectivity index (χ3n) is 4.96. The normalized spacial score (nSPS) is 27.4. The van der Waals surface area contributed by atoms with Crippen molar-refractivity contribution in [2.75, 3.05) is 0 Å². The molecule has 1 aliphatic carbocycles. The summed E-state index contributed by atoms with van der Waals surface area (Å²) in [6.07, 6.45) is 3.70. The van der Waals surface area contributed by atoms with Gasteiger partial charge in [-0.25, -0.2) is 4.98 Å². The molecule has 1 fully saturated rings. The van der Waals surface area contributed by atoms with Gasteiger partial charge >= 0.3 is 0 Å². The zero-order chi connectivity index (χ0) is 14.4. The molecule has 0 radical (unpaired) electrons. The van der Waals surface area contributed by atoms with E-state index in [2.05, 4.69) is 23.5 Å². The molecule has 0 N–H and O–H groups in total. The van der Waals surface area contributed by atoms with Crippen LogP contribution < -0.4 is 0 Å². The molecule has 0 saturated heterocycles. The van der Waals surface area contributed by atoms with E-state index in [0.29, 0.717) is 11.9 Å². The van der Waals surface area contributed by atoms with Crippen molar-refractivity contribution >= 4 is 22.8 Å². The molecule has 1 saturated carbocycles. The second-order valence-electron chi connectivity index (χ2n) is 6.33. The SMILES string of the molecule is Cc1nn(C)c2c1nc(CCl)n2C1CCC(C)C(C)C1. The van der Waals surface area contributed by atoms with Gasteiger partial charge in [-0.1, -0.05) is 13.8 Å². The summed E-state index contributed by atoms with van der Waals surface area (Å²) in [5.41, 5.74) is 3.13. The Balaban J connectivity index is 2.10. The van der Waals surface area contributed by atoms with Crippen molar-refractivity contribution in [1.29, 1.82) is 0 Å². The molecular weight excluding hydrogens is 272 g/mol. The minimum atomic E-state index is 0.467. The highest BCUT2D eigenvalue weighted by atomic mass is 35.5. The van der Waals surface area contributed by atoms with E-state index in [9.17, 15) is 0 Å². The molecule has 3 rings (SSSR count). The third-order valence-corrected chi connectivity index (χ3v) is 5.20. The Kier molecular flexibility index (Phi) is 3.53. The number of fused-ring (bicyclic) bond motifs is 1. The first-order valence-electron chi connectivity index (χ1n) is 7.49. The van der Waals surface area contributed by atoms with Crippen molar-refractivity contribution in [3.63, 3.8) is 0 Å². The van der Waals surface area contributed by atoms with Gasteiger partial charge in [0.25, 0.3) is 0 Å². The molecule has 4 nitrogen and oxygen atoms in total. The minimum Gasteiger partial charge on any atom is -0.309 e. The van der Waals surface area contributed by atoms with Crippen LogP contribution in [0.25, 0.3) is 11.2 Å². The number of halogens is 1. The first-order valence-corrected chi connectivity index (χ1v) is 8.02. The standard InChI is InChI=1S/C15H23ClN4/c1-9-5-6-12(7-10(9)2)20-13(8-16)17-14-11(3)18-19(4)15(14)20/h9-10,12H,5-8H2,1-4H3. The quantitative estimate of drug-likeness (QED) is 0.790. The van der Waals surface area contributed by atoms with Crippen molar-refractivity contribution in [1.82, 2.24) is 19.3 Å². The van der Waals surface area contributed by atoms with Gasteiger partial charge in [-0.15, -0.1) is 11.6 Å². The molecule has 110 valence electrons. The third kappa shape index (κ3) is 2.05. The van der Waals surface area contributed by atoms with Gasteiger partial charge in [-0.2, -0.15) is 5.10 Å². The molecular formula is C15H23ClN4. The van der Waals surface area contributed by atoms with Crippen LogP contribution in [0, 0.1) is 18.8 Å². The number of aromatic nitrogens is 4. The lowest BCUT2D eigenvalue weighted by Gasteiger charge is -2.33. The van der Waals surface area contributed by atoms with Crippen molar-refractivity contribution in [2.24, 2.45) is 18.9 Å². The number of rotatable bonds is 2. The Hall–Kier alpha value is -1.03. The van der Waals surface area contributed by atoms with Crippen LogP contribution in [0.2, 0.25) is 0 Å². The molecule has 2 aromatic rings. The van der Waals surface area contributed by atoms with Gasteiger partial charge in [0.05, 0.1) is 11.6 Å². The highest BCUT2D eigenvalue weighted by Crippen LogP contribution is 2.38. The fourth-order valence-corrected chi connectivity index (χ4v) is 3.76. The van der Waals surface area contributed by atoms with Crippen LogP contribution in [0.5, 0.6) is 0 Å². The molecule has 3 atom stereocenters.